The van der Waals surface area contributed by atoms with Gasteiger partial charge in [0.2, 0.25) is 5.91 Å². The van der Waals surface area contributed by atoms with Crippen molar-refractivity contribution in [3.8, 4) is 0 Å². The summed E-state index contributed by atoms with van der Waals surface area (Å²) in [6, 6.07) is 7.99. The van der Waals surface area contributed by atoms with E-state index < -0.39 is 0 Å². The topological polar surface area (TPSA) is 32.3 Å². The highest BCUT2D eigenvalue weighted by molar-refractivity contribution is 5.73. The van der Waals surface area contributed by atoms with Crippen molar-refractivity contribution < 1.29 is 9.18 Å². The number of carbonyl (C=O) groups excluding carboxylic acids is 1. The van der Waals surface area contributed by atoms with Gasteiger partial charge >= 0.3 is 0 Å². The molecule has 0 radical (unpaired) electrons. The van der Waals surface area contributed by atoms with Gasteiger partial charge in [-0.1, -0.05) is 25.0 Å². The molecule has 4 heteroatoms. The largest absolute Gasteiger partial charge is 0.352 e. The first kappa shape index (κ1) is 16.4. The normalized spacial score (nSPS) is 26.3. The molecule has 1 aromatic carbocycles. The Balaban J connectivity index is 1.79. The molecule has 1 amide bonds. The Morgan fingerprint density at radius 1 is 1.17 bits per heavy atom. The van der Waals surface area contributed by atoms with E-state index in [1.165, 1.54) is 37.8 Å². The Labute approximate surface area is 138 Å². The average molecular weight is 318 g/mol. The van der Waals surface area contributed by atoms with Crippen LogP contribution in [0.5, 0.6) is 0 Å². The summed E-state index contributed by atoms with van der Waals surface area (Å²) >= 11 is 0. The van der Waals surface area contributed by atoms with Crippen LogP contribution in [0.4, 0.5) is 4.39 Å². The molecule has 1 N–H and O–H groups in total. The highest BCUT2D eigenvalue weighted by Gasteiger charge is 2.36. The van der Waals surface area contributed by atoms with Gasteiger partial charge in [-0.15, -0.1) is 0 Å². The van der Waals surface area contributed by atoms with E-state index in [4.69, 9.17) is 0 Å². The van der Waals surface area contributed by atoms with E-state index in [-0.39, 0.29) is 17.8 Å². The smallest absolute Gasteiger partial charge is 0.217 e. The molecule has 23 heavy (non-hydrogen) atoms. The quantitative estimate of drug-likeness (QED) is 0.924. The number of nitrogens with zero attached hydrogens (tertiary/aromatic N) is 1. The van der Waals surface area contributed by atoms with Gasteiger partial charge in [0.15, 0.2) is 0 Å². The zero-order valence-corrected chi connectivity index (χ0v) is 13.9. The monoisotopic (exact) mass is 318 g/mol. The Morgan fingerprint density at radius 3 is 2.52 bits per heavy atom. The van der Waals surface area contributed by atoms with Crippen LogP contribution >= 0.6 is 0 Å². The molecule has 2 aliphatic rings. The number of carbonyl (C=O) groups is 1. The van der Waals surface area contributed by atoms with Gasteiger partial charge in [0.25, 0.3) is 0 Å². The maximum absolute atomic E-state index is 13.2. The molecule has 1 aliphatic heterocycles. The maximum atomic E-state index is 13.2. The van der Waals surface area contributed by atoms with E-state index in [1.54, 1.807) is 6.92 Å². The molecule has 0 bridgehead atoms. The minimum Gasteiger partial charge on any atom is -0.352 e. The van der Waals surface area contributed by atoms with Crippen molar-refractivity contribution in [2.75, 3.05) is 6.54 Å². The minimum absolute atomic E-state index is 0.0485. The van der Waals surface area contributed by atoms with Crippen LogP contribution in [0, 0.1) is 5.82 Å². The van der Waals surface area contributed by atoms with Gasteiger partial charge in [0, 0.05) is 25.0 Å². The molecule has 126 valence electrons. The van der Waals surface area contributed by atoms with E-state index in [0.29, 0.717) is 12.1 Å². The fourth-order valence-corrected chi connectivity index (χ4v) is 4.32. The molecular formula is C19H27FN2O. The Hall–Kier alpha value is -1.42. The second-order valence-electron chi connectivity index (χ2n) is 7.02. The van der Waals surface area contributed by atoms with Crippen LogP contribution in [0.15, 0.2) is 24.3 Å². The molecule has 2 fully saturated rings. The lowest BCUT2D eigenvalue weighted by Crippen LogP contribution is -2.58. The first-order valence-electron chi connectivity index (χ1n) is 8.91. The summed E-state index contributed by atoms with van der Waals surface area (Å²) in [6.07, 6.45) is 8.22. The SMILES string of the molecule is CC(=O)N[C@H]1CCCN(C2CCCC2)[C@H]1Cc1ccc(F)cc1. The third-order valence-corrected chi connectivity index (χ3v) is 5.36. The maximum Gasteiger partial charge on any atom is 0.217 e. The second kappa shape index (κ2) is 7.43. The molecule has 0 aromatic heterocycles. The molecule has 1 saturated carbocycles. The molecule has 2 atom stereocenters. The number of nitrogens with one attached hydrogen (secondary N) is 1. The van der Waals surface area contributed by atoms with Crippen LogP contribution in [0.3, 0.4) is 0 Å². The summed E-state index contributed by atoms with van der Waals surface area (Å²) in [5, 5.41) is 3.16. The number of likely N-dealkylation sites (tertiary alicyclic amines) is 1. The predicted octanol–water partition coefficient (Wildman–Crippen LogP) is 3.28. The van der Waals surface area contributed by atoms with Crippen molar-refractivity contribution in [3.05, 3.63) is 35.6 Å². The third-order valence-electron chi connectivity index (χ3n) is 5.36. The van der Waals surface area contributed by atoms with Gasteiger partial charge in [-0.3, -0.25) is 9.69 Å². The number of hydrogen-bond acceptors (Lipinski definition) is 2. The standard InChI is InChI=1S/C19H27FN2O/c1-14(23)21-18-7-4-12-22(17-5-2-3-6-17)19(18)13-15-8-10-16(20)11-9-15/h8-11,17-19H,2-7,12-13H2,1H3,(H,21,23)/t18-,19-/m0/s1. The van der Waals surface area contributed by atoms with E-state index in [2.05, 4.69) is 10.2 Å². The Bertz CT molecular complexity index is 525. The van der Waals surface area contributed by atoms with Gasteiger partial charge in [-0.05, 0) is 56.3 Å². The summed E-state index contributed by atoms with van der Waals surface area (Å²) in [7, 11) is 0. The van der Waals surface area contributed by atoms with Crippen molar-refractivity contribution in [2.45, 2.75) is 70.0 Å². The Morgan fingerprint density at radius 2 is 1.87 bits per heavy atom. The predicted molar refractivity (Wildman–Crippen MR) is 89.7 cm³/mol. The number of halogens is 1. The fourth-order valence-electron chi connectivity index (χ4n) is 4.32. The number of piperidine rings is 1. The number of hydrogen-bond donors (Lipinski definition) is 1. The highest BCUT2D eigenvalue weighted by atomic mass is 19.1. The van der Waals surface area contributed by atoms with E-state index in [9.17, 15) is 9.18 Å². The molecule has 3 rings (SSSR count). The van der Waals surface area contributed by atoms with Gasteiger partial charge in [0.1, 0.15) is 5.82 Å². The van der Waals surface area contributed by atoms with Crippen molar-refractivity contribution in [2.24, 2.45) is 0 Å². The molecule has 1 aliphatic carbocycles. The molecule has 1 saturated heterocycles. The van der Waals surface area contributed by atoms with Gasteiger partial charge < -0.3 is 5.32 Å². The lowest BCUT2D eigenvalue weighted by molar-refractivity contribution is -0.120. The summed E-state index contributed by atoms with van der Waals surface area (Å²) in [4.78, 5) is 14.2. The highest BCUT2D eigenvalue weighted by Crippen LogP contribution is 2.31. The first-order chi connectivity index (χ1) is 11.1. The fraction of sp³-hybridized carbons (Fsp3) is 0.632. The average Bonchev–Trinajstić information content (AvgIpc) is 3.05. The molecular weight excluding hydrogens is 291 g/mol. The number of amides is 1. The van der Waals surface area contributed by atoms with Crippen molar-refractivity contribution in [3.63, 3.8) is 0 Å². The van der Waals surface area contributed by atoms with Crippen LogP contribution in [0.1, 0.15) is 51.0 Å². The third kappa shape index (κ3) is 4.11. The van der Waals surface area contributed by atoms with Crippen molar-refractivity contribution in [1.29, 1.82) is 0 Å². The lowest BCUT2D eigenvalue weighted by atomic mass is 9.89. The van der Waals surface area contributed by atoms with E-state index in [1.807, 2.05) is 12.1 Å². The van der Waals surface area contributed by atoms with E-state index >= 15 is 0 Å². The number of rotatable bonds is 4. The Kier molecular flexibility index (Phi) is 5.31. The lowest BCUT2D eigenvalue weighted by Gasteiger charge is -2.45. The summed E-state index contributed by atoms with van der Waals surface area (Å²) in [5.41, 5.74) is 1.15. The van der Waals surface area contributed by atoms with Gasteiger partial charge in [0.05, 0.1) is 0 Å². The zero-order chi connectivity index (χ0) is 16.2. The first-order valence-corrected chi connectivity index (χ1v) is 8.91. The van der Waals surface area contributed by atoms with Crippen molar-refractivity contribution in [1.82, 2.24) is 10.2 Å². The van der Waals surface area contributed by atoms with Crippen LogP contribution in [-0.2, 0) is 11.2 Å². The van der Waals surface area contributed by atoms with Crippen LogP contribution in [0.25, 0.3) is 0 Å². The summed E-state index contributed by atoms with van der Waals surface area (Å²) in [5.74, 6) is -0.143. The zero-order valence-electron chi connectivity index (χ0n) is 13.9. The molecule has 0 spiro atoms. The summed E-state index contributed by atoms with van der Waals surface area (Å²) < 4.78 is 13.2. The van der Waals surface area contributed by atoms with Gasteiger partial charge in [-0.25, -0.2) is 4.39 Å². The number of benzene rings is 1. The molecule has 1 heterocycles. The van der Waals surface area contributed by atoms with Crippen LogP contribution in [-0.4, -0.2) is 35.5 Å². The molecule has 0 unspecified atom stereocenters. The minimum atomic E-state index is -0.191. The molecule has 1 aromatic rings. The van der Waals surface area contributed by atoms with Gasteiger partial charge in [-0.2, -0.15) is 0 Å². The summed E-state index contributed by atoms with van der Waals surface area (Å²) in [6.45, 7) is 2.72. The van der Waals surface area contributed by atoms with Crippen LogP contribution in [0.2, 0.25) is 0 Å². The van der Waals surface area contributed by atoms with E-state index in [0.717, 1.165) is 31.4 Å². The second-order valence-corrected chi connectivity index (χ2v) is 7.02. The van der Waals surface area contributed by atoms with Crippen LogP contribution < -0.4 is 5.32 Å². The molecule has 3 nitrogen and oxygen atoms in total. The van der Waals surface area contributed by atoms with Crippen molar-refractivity contribution >= 4 is 5.91 Å².